The number of benzene rings is 3. The highest BCUT2D eigenvalue weighted by Gasteiger charge is 2.40. The number of para-hydroxylation sites is 1. The molecule has 5 heteroatoms. The molecule has 0 saturated heterocycles. The number of rotatable bonds is 10. The summed E-state index contributed by atoms with van der Waals surface area (Å²) in [5.41, 5.74) is 5.92. The van der Waals surface area contributed by atoms with Crippen molar-refractivity contribution in [2.75, 3.05) is 13.7 Å². The Bertz CT molecular complexity index is 1410. The van der Waals surface area contributed by atoms with Gasteiger partial charge >= 0.3 is 0 Å². The Morgan fingerprint density at radius 3 is 2.51 bits per heavy atom. The number of nitrogens with zero attached hydrogens (tertiary/aromatic N) is 3. The summed E-state index contributed by atoms with van der Waals surface area (Å²) in [6.45, 7) is 2.12. The molecule has 5 nitrogen and oxygen atoms in total. The Hall–Kier alpha value is -3.44. The second kappa shape index (κ2) is 11.7. The van der Waals surface area contributed by atoms with E-state index in [9.17, 15) is 4.79 Å². The molecule has 39 heavy (non-hydrogen) atoms. The third kappa shape index (κ3) is 5.65. The van der Waals surface area contributed by atoms with Crippen molar-refractivity contribution in [2.45, 2.75) is 70.0 Å². The summed E-state index contributed by atoms with van der Waals surface area (Å²) >= 11 is 0. The fraction of sp³-hybridized carbons (Fsp3) is 0.412. The Labute approximate surface area is 231 Å². The van der Waals surface area contributed by atoms with Gasteiger partial charge in [0.25, 0.3) is 0 Å². The van der Waals surface area contributed by atoms with Crippen LogP contribution in [0.2, 0.25) is 0 Å². The average molecular weight is 522 g/mol. The fourth-order valence-corrected chi connectivity index (χ4v) is 6.39. The van der Waals surface area contributed by atoms with Gasteiger partial charge in [0.2, 0.25) is 5.91 Å². The highest BCUT2D eigenvalue weighted by molar-refractivity contribution is 5.84. The largest absolute Gasteiger partial charge is 0.385 e. The van der Waals surface area contributed by atoms with Gasteiger partial charge in [-0.15, -0.1) is 0 Å². The third-order valence-electron chi connectivity index (χ3n) is 8.55. The number of ether oxygens (including phenoxy) is 1. The lowest BCUT2D eigenvalue weighted by atomic mass is 9.74. The van der Waals surface area contributed by atoms with Crippen LogP contribution in [-0.4, -0.2) is 40.3 Å². The average Bonchev–Trinajstić information content (AvgIpc) is 3.78. The van der Waals surface area contributed by atoms with E-state index in [4.69, 9.17) is 9.84 Å². The second-order valence-corrected chi connectivity index (χ2v) is 11.2. The minimum absolute atomic E-state index is 0.0282. The van der Waals surface area contributed by atoms with Crippen molar-refractivity contribution in [1.29, 1.82) is 0 Å². The van der Waals surface area contributed by atoms with Crippen molar-refractivity contribution >= 4 is 16.8 Å². The lowest BCUT2D eigenvalue weighted by Crippen LogP contribution is -2.40. The van der Waals surface area contributed by atoms with Crippen LogP contribution >= 0.6 is 0 Å². The monoisotopic (exact) mass is 521 g/mol. The van der Waals surface area contributed by atoms with Crippen LogP contribution < -0.4 is 0 Å². The van der Waals surface area contributed by atoms with E-state index in [1.165, 1.54) is 23.1 Å². The predicted octanol–water partition coefficient (Wildman–Crippen LogP) is 7.20. The van der Waals surface area contributed by atoms with Gasteiger partial charge in [-0.3, -0.25) is 9.48 Å². The smallest absolute Gasteiger partial charge is 0.226 e. The van der Waals surface area contributed by atoms with Crippen molar-refractivity contribution < 1.29 is 9.53 Å². The first kappa shape index (κ1) is 25.8. The second-order valence-electron chi connectivity index (χ2n) is 11.2. The van der Waals surface area contributed by atoms with Gasteiger partial charge in [0.1, 0.15) is 0 Å². The van der Waals surface area contributed by atoms with E-state index in [1.807, 2.05) is 0 Å². The number of aryl methyl sites for hydroxylation is 1. The molecule has 0 N–H and O–H groups in total. The van der Waals surface area contributed by atoms with Crippen LogP contribution in [0.3, 0.4) is 0 Å². The van der Waals surface area contributed by atoms with Gasteiger partial charge in [-0.05, 0) is 60.8 Å². The molecule has 2 aliphatic rings. The first-order valence-electron chi connectivity index (χ1n) is 14.6. The molecule has 0 unspecified atom stereocenters. The number of hydrogen-bond acceptors (Lipinski definition) is 3. The molecular formula is C34H39N3O2. The van der Waals surface area contributed by atoms with Gasteiger partial charge in [0.15, 0.2) is 0 Å². The Balaban J connectivity index is 1.27. The fourth-order valence-electron chi connectivity index (χ4n) is 6.39. The molecule has 2 saturated carbocycles. The molecular weight excluding hydrogens is 482 g/mol. The number of hydrogen-bond donors (Lipinski definition) is 0. The van der Waals surface area contributed by atoms with Crippen LogP contribution in [0.15, 0.2) is 78.9 Å². The van der Waals surface area contributed by atoms with Gasteiger partial charge in [-0.2, -0.15) is 5.10 Å². The first-order chi connectivity index (χ1) is 19.2. The summed E-state index contributed by atoms with van der Waals surface area (Å²) in [4.78, 5) is 16.5. The standard InChI is InChI=1S/C34H39N3O2/c1-39-22-10-21-37-33-18-8-7-17-31(33)32(35-37)24-36(28-19-20-28)34(38)30-16-6-5-15-29(30)27-14-9-13-26(23-27)25-11-3-2-4-12-25/h2-4,7-9,11-14,17-18,23,28-30H,5-6,10,15-16,19-22,24H2,1H3/t29-,30+/m1/s1. The van der Waals surface area contributed by atoms with Crippen LogP contribution in [0.5, 0.6) is 0 Å². The molecule has 2 aliphatic carbocycles. The van der Waals surface area contributed by atoms with E-state index in [0.29, 0.717) is 25.1 Å². The number of methoxy groups -OCH3 is 1. The minimum atomic E-state index is 0.0282. The Morgan fingerprint density at radius 2 is 1.69 bits per heavy atom. The van der Waals surface area contributed by atoms with Gasteiger partial charge in [0.05, 0.1) is 17.8 Å². The summed E-state index contributed by atoms with van der Waals surface area (Å²) in [7, 11) is 1.74. The van der Waals surface area contributed by atoms with Crippen LogP contribution in [0.25, 0.3) is 22.0 Å². The Kier molecular flexibility index (Phi) is 7.78. The predicted molar refractivity (Wildman–Crippen MR) is 156 cm³/mol. The number of carbonyl (C=O) groups excluding carboxylic acids is 1. The zero-order valence-electron chi connectivity index (χ0n) is 23.0. The molecule has 2 fully saturated rings. The summed E-state index contributed by atoms with van der Waals surface area (Å²) in [5.74, 6) is 0.616. The minimum Gasteiger partial charge on any atom is -0.385 e. The molecule has 1 amide bonds. The molecule has 1 aromatic heterocycles. The number of fused-ring (bicyclic) bond motifs is 1. The number of amides is 1. The number of aromatic nitrogens is 2. The van der Waals surface area contributed by atoms with Crippen molar-refractivity contribution in [3.63, 3.8) is 0 Å². The maximum Gasteiger partial charge on any atom is 0.226 e. The zero-order valence-corrected chi connectivity index (χ0v) is 23.0. The quantitative estimate of drug-likeness (QED) is 0.207. The SMILES string of the molecule is COCCCn1nc(CN(C(=O)[C@H]2CCCC[C@@H]2c2cccc(-c3ccccc3)c2)C2CC2)c2ccccc21. The molecule has 3 aromatic carbocycles. The maximum absolute atomic E-state index is 14.4. The topological polar surface area (TPSA) is 47.4 Å². The third-order valence-corrected chi connectivity index (χ3v) is 8.55. The van der Waals surface area contributed by atoms with Gasteiger partial charge in [-0.1, -0.05) is 85.6 Å². The van der Waals surface area contributed by atoms with Crippen LogP contribution in [0.1, 0.15) is 62.1 Å². The van der Waals surface area contributed by atoms with E-state index in [-0.39, 0.29) is 11.8 Å². The summed E-state index contributed by atoms with van der Waals surface area (Å²) in [5, 5.41) is 6.18. The normalized spacial score (nSPS) is 19.3. The zero-order chi connectivity index (χ0) is 26.6. The molecule has 4 aromatic rings. The number of carbonyl (C=O) groups is 1. The summed E-state index contributed by atoms with van der Waals surface area (Å²) in [6.07, 6.45) is 7.46. The molecule has 0 radical (unpaired) electrons. The summed E-state index contributed by atoms with van der Waals surface area (Å²) in [6, 6.07) is 28.2. The van der Waals surface area contributed by atoms with E-state index >= 15 is 0 Å². The van der Waals surface area contributed by atoms with Crippen LogP contribution in [0, 0.1) is 5.92 Å². The highest BCUT2D eigenvalue weighted by Crippen LogP contribution is 2.42. The van der Waals surface area contributed by atoms with Crippen molar-refractivity contribution in [2.24, 2.45) is 5.92 Å². The van der Waals surface area contributed by atoms with Crippen LogP contribution in [0.4, 0.5) is 0 Å². The molecule has 1 heterocycles. The van der Waals surface area contributed by atoms with Gasteiger partial charge in [-0.25, -0.2) is 0 Å². The lowest BCUT2D eigenvalue weighted by molar-refractivity contribution is -0.138. The molecule has 6 rings (SSSR count). The Morgan fingerprint density at radius 1 is 0.923 bits per heavy atom. The lowest BCUT2D eigenvalue weighted by Gasteiger charge is -2.35. The van der Waals surface area contributed by atoms with E-state index in [0.717, 1.165) is 61.7 Å². The molecule has 202 valence electrons. The molecule has 0 bridgehead atoms. The van der Waals surface area contributed by atoms with Crippen molar-refractivity contribution in [3.8, 4) is 11.1 Å². The van der Waals surface area contributed by atoms with E-state index in [2.05, 4.69) is 88.4 Å². The van der Waals surface area contributed by atoms with Gasteiger partial charge < -0.3 is 9.64 Å². The maximum atomic E-state index is 14.4. The first-order valence-corrected chi connectivity index (χ1v) is 14.6. The van der Waals surface area contributed by atoms with Crippen molar-refractivity contribution in [1.82, 2.24) is 14.7 Å². The van der Waals surface area contributed by atoms with Crippen molar-refractivity contribution in [3.05, 3.63) is 90.1 Å². The van der Waals surface area contributed by atoms with E-state index < -0.39 is 0 Å². The molecule has 0 spiro atoms. The molecule has 0 aliphatic heterocycles. The summed E-state index contributed by atoms with van der Waals surface area (Å²) < 4.78 is 7.37. The van der Waals surface area contributed by atoms with Gasteiger partial charge in [0, 0.05) is 37.6 Å². The van der Waals surface area contributed by atoms with Crippen LogP contribution in [-0.2, 0) is 22.6 Å². The highest BCUT2D eigenvalue weighted by atomic mass is 16.5. The van der Waals surface area contributed by atoms with E-state index in [1.54, 1.807) is 7.11 Å². The molecule has 2 atom stereocenters.